The number of nitrogens with one attached hydrogen (secondary N) is 2. The predicted octanol–water partition coefficient (Wildman–Crippen LogP) is 1.17. The van der Waals surface area contributed by atoms with Crippen molar-refractivity contribution in [2.75, 3.05) is 5.32 Å². The summed E-state index contributed by atoms with van der Waals surface area (Å²) in [5, 5.41) is 13.2. The molecule has 0 saturated heterocycles. The number of amides is 1. The monoisotopic (exact) mass is 323 g/mol. The van der Waals surface area contributed by atoms with Crippen LogP contribution in [0, 0.1) is 5.92 Å². The Morgan fingerprint density at radius 2 is 2.30 bits per heavy atom. The average molecular weight is 323 g/mol. The Balaban J connectivity index is 2.55. The van der Waals surface area contributed by atoms with E-state index in [9.17, 15) is 9.90 Å². The molecule has 0 bridgehead atoms. The number of anilines is 1. The molecule has 3 unspecified atom stereocenters. The van der Waals surface area contributed by atoms with Gasteiger partial charge in [0.2, 0.25) is 5.95 Å². The number of carbonyl (C=O) groups is 1. The molecule has 5 N–H and O–H groups in total. The minimum absolute atomic E-state index is 0.0519. The van der Waals surface area contributed by atoms with Gasteiger partial charge in [0.25, 0.3) is 5.91 Å². The first kappa shape index (κ1) is 14.7. The average Bonchev–Trinajstić information content (AvgIpc) is 2.40. The fourth-order valence-electron chi connectivity index (χ4n) is 2.43. The second-order valence-corrected chi connectivity index (χ2v) is 7.13. The van der Waals surface area contributed by atoms with Crippen LogP contribution in [0.15, 0.2) is 11.2 Å². The maximum atomic E-state index is 11.8. The van der Waals surface area contributed by atoms with Crippen LogP contribution in [0.25, 0.3) is 0 Å². The molecule has 0 aliphatic heterocycles. The van der Waals surface area contributed by atoms with E-state index in [1.807, 2.05) is 27.7 Å². The van der Waals surface area contributed by atoms with Crippen LogP contribution in [-0.2, 0) is 0 Å². The third-order valence-corrected chi connectivity index (χ3v) is 3.75. The van der Waals surface area contributed by atoms with Gasteiger partial charge in [-0.15, -0.1) is 0 Å². The van der Waals surface area contributed by atoms with Crippen LogP contribution in [0.3, 0.4) is 0 Å². The van der Waals surface area contributed by atoms with Crippen LogP contribution in [0.4, 0.5) is 5.95 Å². The van der Waals surface area contributed by atoms with Crippen LogP contribution in [-0.4, -0.2) is 38.6 Å². The van der Waals surface area contributed by atoms with Crippen molar-refractivity contribution in [2.24, 2.45) is 16.6 Å². The molecule has 1 amide bonds. The van der Waals surface area contributed by atoms with E-state index in [0.717, 1.165) is 0 Å². The van der Waals surface area contributed by atoms with Gasteiger partial charge in [-0.2, -0.15) is 0 Å². The first-order chi connectivity index (χ1) is 11.4. The molecule has 1 aromatic heterocycles. The van der Waals surface area contributed by atoms with Crippen LogP contribution >= 0.6 is 0 Å². The smallest absolute Gasteiger partial charge is 0.254 e. The number of primary amides is 1. The van der Waals surface area contributed by atoms with Gasteiger partial charge in [0.05, 0.1) is 20.4 Å². The number of carbonyl (C=O) groups excluding carboxylic acids is 1. The number of rotatable bonds is 3. The summed E-state index contributed by atoms with van der Waals surface area (Å²) in [6.07, 6.45) is 0.348. The number of hydrogen-bond donors (Lipinski definition) is 4. The number of aliphatic hydroxyl groups excluding tert-OH is 1. The molecule has 1 fully saturated rings. The second kappa shape index (κ2) is 6.70. The maximum absolute atomic E-state index is 11.8. The van der Waals surface area contributed by atoms with E-state index in [2.05, 4.69) is 20.3 Å². The molecular formula is C16H27N5O2. The summed E-state index contributed by atoms with van der Waals surface area (Å²) in [6.45, 7) is 7.71. The summed E-state index contributed by atoms with van der Waals surface area (Å²) in [4.78, 5) is 23.0. The van der Waals surface area contributed by atoms with Crippen LogP contribution in [0.2, 0.25) is 0 Å². The lowest BCUT2D eigenvalue weighted by Crippen LogP contribution is -2.34. The second-order valence-electron chi connectivity index (χ2n) is 7.13. The normalized spacial score (nSPS) is 30.6. The van der Waals surface area contributed by atoms with E-state index in [1.165, 1.54) is 0 Å². The Hall–Kier alpha value is -1.89. The molecule has 1 heterocycles. The highest BCUT2D eigenvalue weighted by atomic mass is 16.3. The third kappa shape index (κ3) is 4.79. The van der Waals surface area contributed by atoms with Crippen molar-refractivity contribution in [1.82, 2.24) is 9.97 Å². The molecule has 0 radical (unpaired) electrons. The van der Waals surface area contributed by atoms with Gasteiger partial charge < -0.3 is 21.1 Å². The summed E-state index contributed by atoms with van der Waals surface area (Å²) in [5.74, 6) is -0.451. The number of H-pyrrole nitrogens is 1. The number of nitrogens with two attached hydrogens (primary N) is 1. The molecule has 0 aromatic carbocycles. The first-order valence-corrected chi connectivity index (χ1v) is 7.83. The summed E-state index contributed by atoms with van der Waals surface area (Å²) >= 11 is 0. The molecule has 1 aromatic rings. The highest BCUT2D eigenvalue weighted by Crippen LogP contribution is 2.25. The van der Waals surface area contributed by atoms with Gasteiger partial charge in [-0.1, -0.05) is 6.92 Å². The van der Waals surface area contributed by atoms with Gasteiger partial charge in [0.15, 0.2) is 0 Å². The summed E-state index contributed by atoms with van der Waals surface area (Å²) in [7, 11) is 0. The Labute approximate surface area is 139 Å². The maximum Gasteiger partial charge on any atom is 0.254 e. The summed E-state index contributed by atoms with van der Waals surface area (Å²) in [5.41, 5.74) is 4.96. The third-order valence-electron chi connectivity index (χ3n) is 3.75. The van der Waals surface area contributed by atoms with Crippen molar-refractivity contribution in [3.63, 3.8) is 0 Å². The molecular weight excluding hydrogens is 294 g/mol. The molecule has 1 aliphatic carbocycles. The summed E-state index contributed by atoms with van der Waals surface area (Å²) in [6, 6.07) is -1.28. The lowest BCUT2D eigenvalue weighted by molar-refractivity contribution is 0.0704. The fraction of sp³-hybridized carbons (Fsp3) is 0.688. The van der Waals surface area contributed by atoms with E-state index in [-0.39, 0.29) is 41.1 Å². The van der Waals surface area contributed by atoms with Gasteiger partial charge in [0.1, 0.15) is 5.49 Å². The van der Waals surface area contributed by atoms with Crippen molar-refractivity contribution in [1.29, 1.82) is 0 Å². The SMILES string of the molecule is [2H]c1nc(NC(C)(C)C)[nH]c(=NC2([2H])CCC(C)C(O)C2)c1C(N)=O. The van der Waals surface area contributed by atoms with Crippen molar-refractivity contribution in [2.45, 2.75) is 64.6 Å². The van der Waals surface area contributed by atoms with Crippen molar-refractivity contribution in [3.05, 3.63) is 17.2 Å². The van der Waals surface area contributed by atoms with Gasteiger partial charge in [-0.25, -0.2) is 4.98 Å². The lowest BCUT2D eigenvalue weighted by atomic mass is 9.85. The van der Waals surface area contributed by atoms with Gasteiger partial charge in [-0.05, 0) is 46.0 Å². The molecule has 3 atom stereocenters. The summed E-state index contributed by atoms with van der Waals surface area (Å²) < 4.78 is 16.5. The molecule has 1 saturated carbocycles. The van der Waals surface area contributed by atoms with E-state index in [0.29, 0.717) is 12.8 Å². The van der Waals surface area contributed by atoms with E-state index >= 15 is 0 Å². The number of aromatic amines is 1. The molecule has 0 spiro atoms. The fourth-order valence-corrected chi connectivity index (χ4v) is 2.43. The van der Waals surface area contributed by atoms with E-state index in [1.54, 1.807) is 0 Å². The molecule has 7 heteroatoms. The van der Waals surface area contributed by atoms with Gasteiger partial charge >= 0.3 is 0 Å². The number of nitrogens with zero attached hydrogens (tertiary/aromatic N) is 2. The zero-order valence-electron chi connectivity index (χ0n) is 16.1. The Morgan fingerprint density at radius 1 is 1.61 bits per heavy atom. The predicted molar refractivity (Wildman–Crippen MR) is 88.9 cm³/mol. The number of hydrogen-bond acceptors (Lipinski definition) is 5. The van der Waals surface area contributed by atoms with E-state index in [4.69, 9.17) is 8.48 Å². The van der Waals surface area contributed by atoms with Crippen molar-refractivity contribution < 1.29 is 12.6 Å². The Kier molecular flexibility index (Phi) is 4.28. The molecule has 128 valence electrons. The zero-order chi connectivity index (χ0) is 19.0. The standard InChI is InChI=1S/C16H27N5O2/c1-9-5-6-10(7-12(9)22)19-14-11(13(17)23)8-18-15(20-14)21-16(2,3)4/h8-10,12,22H,5-7H2,1-4H3,(H2,17,23)(H2,18,19,20,21)/i8D,10D. The highest BCUT2D eigenvalue weighted by Gasteiger charge is 2.26. The van der Waals surface area contributed by atoms with Crippen LogP contribution in [0.5, 0.6) is 0 Å². The van der Waals surface area contributed by atoms with E-state index < -0.39 is 18.0 Å². The Morgan fingerprint density at radius 3 is 2.87 bits per heavy atom. The minimum atomic E-state index is -1.28. The highest BCUT2D eigenvalue weighted by molar-refractivity contribution is 5.92. The van der Waals surface area contributed by atoms with Crippen LogP contribution in [0.1, 0.15) is 60.1 Å². The van der Waals surface area contributed by atoms with Crippen molar-refractivity contribution in [3.8, 4) is 0 Å². The quantitative estimate of drug-likeness (QED) is 0.668. The minimum Gasteiger partial charge on any atom is -0.393 e. The zero-order valence-corrected chi connectivity index (χ0v) is 14.1. The van der Waals surface area contributed by atoms with Gasteiger partial charge in [-0.3, -0.25) is 9.79 Å². The van der Waals surface area contributed by atoms with Gasteiger partial charge in [0, 0.05) is 11.7 Å². The molecule has 23 heavy (non-hydrogen) atoms. The lowest BCUT2D eigenvalue weighted by Gasteiger charge is -2.28. The molecule has 2 rings (SSSR count). The molecule has 1 aliphatic rings. The first-order valence-electron chi connectivity index (χ1n) is 8.83. The Bertz CT molecular complexity index is 728. The number of aromatic nitrogens is 2. The number of aliphatic hydroxyl groups is 1. The van der Waals surface area contributed by atoms with Crippen molar-refractivity contribution >= 4 is 11.9 Å². The largest absolute Gasteiger partial charge is 0.393 e. The molecule has 7 nitrogen and oxygen atoms in total. The van der Waals surface area contributed by atoms with Crippen LogP contribution < -0.4 is 16.5 Å². The topological polar surface area (TPSA) is 116 Å².